The van der Waals surface area contributed by atoms with Gasteiger partial charge in [-0.3, -0.25) is 13.9 Å². The van der Waals surface area contributed by atoms with E-state index in [9.17, 15) is 18.0 Å². The number of sulfonamides is 1. The SMILES string of the molecule is CC[C@@H](C(=O)NCC(C)C)N(Cc1ccc(Cl)cc1)C(=O)CN(c1cccc(C)c1)S(=O)(=O)c1ccc(Cl)cc1. The first kappa shape index (κ1) is 31.5. The Morgan fingerprint density at radius 1 is 0.925 bits per heavy atom. The number of carbonyl (C=O) groups excluding carboxylic acids is 2. The molecule has 0 radical (unpaired) electrons. The van der Waals surface area contributed by atoms with E-state index in [2.05, 4.69) is 5.32 Å². The highest BCUT2D eigenvalue weighted by Crippen LogP contribution is 2.26. The second kappa shape index (κ2) is 14.0. The van der Waals surface area contributed by atoms with Gasteiger partial charge in [0, 0.05) is 23.1 Å². The highest BCUT2D eigenvalue weighted by Gasteiger charge is 2.33. The summed E-state index contributed by atoms with van der Waals surface area (Å²) in [4.78, 5) is 28.7. The van der Waals surface area contributed by atoms with E-state index < -0.39 is 28.5 Å². The quantitative estimate of drug-likeness (QED) is 0.272. The molecule has 2 amide bonds. The average molecular weight is 605 g/mol. The van der Waals surface area contributed by atoms with Crippen molar-refractivity contribution in [1.82, 2.24) is 10.2 Å². The van der Waals surface area contributed by atoms with E-state index in [0.717, 1.165) is 15.4 Å². The standard InChI is InChI=1S/C30H35Cl2N3O4S/c1-5-28(30(37)33-18-21(2)3)34(19-23-9-11-24(31)12-10-23)29(36)20-35(26-8-6-7-22(4)17-26)40(38,39)27-15-13-25(32)14-16-27/h6-17,21,28H,5,18-20H2,1-4H3,(H,33,37)/t28-/m0/s1. The Morgan fingerprint density at radius 3 is 2.08 bits per heavy atom. The molecule has 0 heterocycles. The number of halogens is 2. The number of nitrogens with zero attached hydrogens (tertiary/aromatic N) is 2. The molecule has 0 aromatic heterocycles. The molecule has 0 aliphatic heterocycles. The second-order valence-electron chi connectivity index (χ2n) is 10.0. The lowest BCUT2D eigenvalue weighted by Crippen LogP contribution is -2.52. The van der Waals surface area contributed by atoms with Gasteiger partial charge in [0.05, 0.1) is 10.6 Å². The lowest BCUT2D eigenvalue weighted by atomic mass is 10.1. The Balaban J connectivity index is 2.04. The van der Waals surface area contributed by atoms with Crippen LogP contribution in [0.15, 0.2) is 77.7 Å². The minimum Gasteiger partial charge on any atom is -0.354 e. The van der Waals surface area contributed by atoms with Crippen LogP contribution in [-0.4, -0.2) is 44.3 Å². The molecule has 7 nitrogen and oxygen atoms in total. The number of nitrogens with one attached hydrogen (secondary N) is 1. The summed E-state index contributed by atoms with van der Waals surface area (Å²) >= 11 is 12.1. The van der Waals surface area contributed by atoms with Crippen molar-refractivity contribution in [3.63, 3.8) is 0 Å². The number of hydrogen-bond acceptors (Lipinski definition) is 4. The van der Waals surface area contributed by atoms with Gasteiger partial charge in [-0.15, -0.1) is 0 Å². The number of anilines is 1. The molecule has 1 atom stereocenters. The maximum atomic E-state index is 14.1. The fourth-order valence-electron chi connectivity index (χ4n) is 4.17. The van der Waals surface area contributed by atoms with Crippen LogP contribution in [0, 0.1) is 12.8 Å². The summed E-state index contributed by atoms with van der Waals surface area (Å²) in [6, 6.07) is 18.9. The molecule has 3 rings (SSSR count). The Labute approximate surface area is 247 Å². The number of hydrogen-bond donors (Lipinski definition) is 1. The monoisotopic (exact) mass is 603 g/mol. The number of carbonyl (C=O) groups is 2. The summed E-state index contributed by atoms with van der Waals surface area (Å²) in [5.74, 6) is -0.579. The lowest BCUT2D eigenvalue weighted by molar-refractivity contribution is -0.140. The van der Waals surface area contributed by atoms with E-state index in [1.807, 2.05) is 33.8 Å². The van der Waals surface area contributed by atoms with Crippen LogP contribution < -0.4 is 9.62 Å². The first-order chi connectivity index (χ1) is 18.9. The zero-order chi connectivity index (χ0) is 29.4. The van der Waals surface area contributed by atoms with Gasteiger partial charge in [-0.25, -0.2) is 8.42 Å². The molecule has 0 saturated heterocycles. The number of rotatable bonds is 12. The van der Waals surface area contributed by atoms with Crippen LogP contribution in [0.2, 0.25) is 10.0 Å². The second-order valence-corrected chi connectivity index (χ2v) is 12.8. The van der Waals surface area contributed by atoms with Crippen LogP contribution in [-0.2, 0) is 26.2 Å². The number of aryl methyl sites for hydroxylation is 1. The van der Waals surface area contributed by atoms with Gasteiger partial charge in [0.25, 0.3) is 10.0 Å². The number of benzene rings is 3. The molecule has 0 saturated carbocycles. The highest BCUT2D eigenvalue weighted by atomic mass is 35.5. The molecule has 3 aromatic carbocycles. The maximum absolute atomic E-state index is 14.1. The van der Waals surface area contributed by atoms with E-state index >= 15 is 0 Å². The summed E-state index contributed by atoms with van der Waals surface area (Å²) < 4.78 is 28.8. The van der Waals surface area contributed by atoms with Gasteiger partial charge in [-0.2, -0.15) is 0 Å². The molecule has 0 spiro atoms. The summed E-state index contributed by atoms with van der Waals surface area (Å²) in [7, 11) is -4.16. The third-order valence-corrected chi connectivity index (χ3v) is 8.60. The average Bonchev–Trinajstić information content (AvgIpc) is 2.91. The topological polar surface area (TPSA) is 86.8 Å². The molecule has 214 valence electrons. The van der Waals surface area contributed by atoms with E-state index in [1.54, 1.807) is 42.5 Å². The molecule has 10 heteroatoms. The zero-order valence-corrected chi connectivity index (χ0v) is 25.4. The van der Waals surface area contributed by atoms with Crippen LogP contribution in [0.3, 0.4) is 0 Å². The first-order valence-corrected chi connectivity index (χ1v) is 15.3. The summed E-state index contributed by atoms with van der Waals surface area (Å²) in [5.41, 5.74) is 1.93. The van der Waals surface area contributed by atoms with Crippen molar-refractivity contribution in [2.75, 3.05) is 17.4 Å². The predicted molar refractivity (Wildman–Crippen MR) is 161 cm³/mol. The Kier molecular flexibility index (Phi) is 11.0. The van der Waals surface area contributed by atoms with Gasteiger partial charge < -0.3 is 10.2 Å². The summed E-state index contributed by atoms with van der Waals surface area (Å²) in [6.07, 6.45) is 0.345. The number of amides is 2. The van der Waals surface area contributed by atoms with Gasteiger partial charge in [0.15, 0.2) is 0 Å². The van der Waals surface area contributed by atoms with Crippen LogP contribution in [0.1, 0.15) is 38.3 Å². The minimum absolute atomic E-state index is 0.00262. The van der Waals surface area contributed by atoms with Gasteiger partial charge in [0.1, 0.15) is 12.6 Å². The molecule has 0 aliphatic carbocycles. The fourth-order valence-corrected chi connectivity index (χ4v) is 5.83. The summed E-state index contributed by atoms with van der Waals surface area (Å²) in [6.45, 7) is 7.70. The van der Waals surface area contributed by atoms with Crippen molar-refractivity contribution in [2.24, 2.45) is 5.92 Å². The smallest absolute Gasteiger partial charge is 0.264 e. The normalized spacial score (nSPS) is 12.2. The highest BCUT2D eigenvalue weighted by molar-refractivity contribution is 7.92. The van der Waals surface area contributed by atoms with Crippen molar-refractivity contribution >= 4 is 50.7 Å². The molecule has 40 heavy (non-hydrogen) atoms. The van der Waals surface area contributed by atoms with Gasteiger partial charge in [0.2, 0.25) is 11.8 Å². The zero-order valence-electron chi connectivity index (χ0n) is 23.1. The van der Waals surface area contributed by atoms with Gasteiger partial charge in [-0.05, 0) is 78.9 Å². The van der Waals surface area contributed by atoms with Crippen molar-refractivity contribution in [1.29, 1.82) is 0 Å². The molecular weight excluding hydrogens is 569 g/mol. The molecule has 0 bridgehead atoms. The molecule has 0 aliphatic rings. The van der Waals surface area contributed by atoms with Gasteiger partial charge in [-0.1, -0.05) is 68.2 Å². The molecule has 0 unspecified atom stereocenters. The van der Waals surface area contributed by atoms with Crippen molar-refractivity contribution in [2.45, 2.75) is 51.6 Å². The van der Waals surface area contributed by atoms with Crippen molar-refractivity contribution in [3.05, 3.63) is 94.0 Å². The molecule has 0 fully saturated rings. The Hall–Kier alpha value is -3.07. The van der Waals surface area contributed by atoms with Crippen LogP contribution in [0.4, 0.5) is 5.69 Å². The van der Waals surface area contributed by atoms with Gasteiger partial charge >= 0.3 is 0 Å². The Morgan fingerprint density at radius 2 is 1.52 bits per heavy atom. The molecule has 3 aromatic rings. The van der Waals surface area contributed by atoms with Crippen LogP contribution in [0.25, 0.3) is 0 Å². The summed E-state index contributed by atoms with van der Waals surface area (Å²) in [5, 5.41) is 3.86. The van der Waals surface area contributed by atoms with Crippen LogP contribution in [0.5, 0.6) is 0 Å². The minimum atomic E-state index is -4.16. The first-order valence-electron chi connectivity index (χ1n) is 13.1. The maximum Gasteiger partial charge on any atom is 0.264 e. The molecule has 1 N–H and O–H groups in total. The molecular formula is C30H35Cl2N3O4S. The lowest BCUT2D eigenvalue weighted by Gasteiger charge is -2.33. The third-order valence-electron chi connectivity index (χ3n) is 6.31. The van der Waals surface area contributed by atoms with Crippen molar-refractivity contribution < 1.29 is 18.0 Å². The fraction of sp³-hybridized carbons (Fsp3) is 0.333. The van der Waals surface area contributed by atoms with E-state index in [1.165, 1.54) is 29.2 Å². The largest absolute Gasteiger partial charge is 0.354 e. The van der Waals surface area contributed by atoms with E-state index in [0.29, 0.717) is 28.7 Å². The van der Waals surface area contributed by atoms with E-state index in [-0.39, 0.29) is 23.3 Å². The Bertz CT molecular complexity index is 1410. The van der Waals surface area contributed by atoms with E-state index in [4.69, 9.17) is 23.2 Å². The van der Waals surface area contributed by atoms with Crippen molar-refractivity contribution in [3.8, 4) is 0 Å². The predicted octanol–water partition coefficient (Wildman–Crippen LogP) is 6.08. The van der Waals surface area contributed by atoms with Crippen LogP contribution >= 0.6 is 23.2 Å². The third kappa shape index (κ3) is 8.22.